The average Bonchev–Trinajstić information content (AvgIpc) is 3.15. The Labute approximate surface area is 159 Å². The molecule has 0 unspecified atom stereocenters. The fourth-order valence-electron chi connectivity index (χ4n) is 2.79. The number of aromatic nitrogens is 4. The normalized spacial score (nSPS) is 11.3. The van der Waals surface area contributed by atoms with E-state index in [1.807, 2.05) is 26.0 Å². The predicted octanol–water partition coefficient (Wildman–Crippen LogP) is 3.62. The topological polar surface area (TPSA) is 95.6 Å². The highest BCUT2D eigenvalue weighted by atomic mass is 16.1. The van der Waals surface area contributed by atoms with E-state index in [9.17, 15) is 4.79 Å². The largest absolute Gasteiger partial charge is 0.380 e. The summed E-state index contributed by atoms with van der Waals surface area (Å²) in [6.07, 6.45) is 6.07. The molecule has 0 aromatic carbocycles. The summed E-state index contributed by atoms with van der Waals surface area (Å²) in [5.41, 5.74) is 4.31. The van der Waals surface area contributed by atoms with E-state index in [1.54, 1.807) is 18.6 Å². The summed E-state index contributed by atoms with van der Waals surface area (Å²) < 4.78 is 0. The van der Waals surface area contributed by atoms with Crippen LogP contribution in [0, 0.1) is 5.92 Å². The molecule has 142 valence electrons. The molecule has 0 bridgehead atoms. The number of pyridine rings is 2. The number of fused-ring (bicyclic) bond motifs is 1. The first-order valence-electron chi connectivity index (χ1n) is 9.29. The fourth-order valence-corrected chi connectivity index (χ4v) is 2.79. The lowest BCUT2D eigenvalue weighted by Gasteiger charge is -2.17. The Morgan fingerprint density at radius 2 is 2.00 bits per heavy atom. The van der Waals surface area contributed by atoms with Gasteiger partial charge in [0.05, 0.1) is 28.7 Å². The Hall–Kier alpha value is -2.96. The fraction of sp³-hybridized carbons (Fsp3) is 0.400. The average molecular weight is 366 g/mol. The van der Waals surface area contributed by atoms with Crippen molar-refractivity contribution in [3.8, 4) is 11.3 Å². The first kappa shape index (κ1) is 18.8. The Bertz CT molecular complexity index is 918. The third-order valence-electron chi connectivity index (χ3n) is 4.19. The number of nitrogens with one attached hydrogen (secondary N) is 3. The van der Waals surface area contributed by atoms with E-state index in [2.05, 4.69) is 39.7 Å². The lowest BCUT2D eigenvalue weighted by atomic mass is 10.1. The van der Waals surface area contributed by atoms with E-state index < -0.39 is 0 Å². The van der Waals surface area contributed by atoms with Crippen LogP contribution in [-0.2, 0) is 0 Å². The van der Waals surface area contributed by atoms with Crippen molar-refractivity contribution in [1.82, 2.24) is 25.5 Å². The van der Waals surface area contributed by atoms with Gasteiger partial charge in [0.15, 0.2) is 0 Å². The van der Waals surface area contributed by atoms with Gasteiger partial charge in [0.25, 0.3) is 5.91 Å². The van der Waals surface area contributed by atoms with Crippen LogP contribution in [0.3, 0.4) is 0 Å². The number of carbonyl (C=O) groups excluding carboxylic acids is 1. The molecule has 3 aromatic rings. The van der Waals surface area contributed by atoms with E-state index in [0.29, 0.717) is 29.2 Å². The van der Waals surface area contributed by atoms with Crippen LogP contribution >= 0.6 is 0 Å². The van der Waals surface area contributed by atoms with Crippen LogP contribution in [-0.4, -0.2) is 38.7 Å². The minimum Gasteiger partial charge on any atom is -0.380 e. The lowest BCUT2D eigenvalue weighted by molar-refractivity contribution is 0.0952. The summed E-state index contributed by atoms with van der Waals surface area (Å²) in [4.78, 5) is 22.0. The maximum Gasteiger partial charge on any atom is 0.255 e. The molecule has 0 spiro atoms. The molecule has 7 heteroatoms. The molecule has 3 N–H and O–H groups in total. The van der Waals surface area contributed by atoms with Gasteiger partial charge in [-0.05, 0) is 38.3 Å². The summed E-state index contributed by atoms with van der Waals surface area (Å²) in [6.45, 7) is 8.98. The molecular weight excluding hydrogens is 340 g/mol. The maximum absolute atomic E-state index is 12.8. The zero-order valence-electron chi connectivity index (χ0n) is 16.2. The van der Waals surface area contributed by atoms with E-state index >= 15 is 0 Å². The van der Waals surface area contributed by atoms with Crippen LogP contribution < -0.4 is 10.6 Å². The van der Waals surface area contributed by atoms with Gasteiger partial charge in [0.1, 0.15) is 5.52 Å². The van der Waals surface area contributed by atoms with E-state index in [-0.39, 0.29) is 11.9 Å². The molecule has 1 amide bonds. The van der Waals surface area contributed by atoms with Gasteiger partial charge in [-0.2, -0.15) is 5.10 Å². The SMILES string of the molecule is CC(C)CCNC(=O)c1cnc2ccc(-c3cn[nH]c3)nc2c1NC(C)C. The van der Waals surface area contributed by atoms with Gasteiger partial charge in [0.2, 0.25) is 0 Å². The molecule has 0 aliphatic rings. The Morgan fingerprint density at radius 1 is 1.19 bits per heavy atom. The summed E-state index contributed by atoms with van der Waals surface area (Å²) in [7, 11) is 0. The molecule has 0 saturated heterocycles. The van der Waals surface area contributed by atoms with Crippen LogP contribution in [0.1, 0.15) is 44.5 Å². The van der Waals surface area contributed by atoms with Crippen LogP contribution in [0.5, 0.6) is 0 Å². The van der Waals surface area contributed by atoms with Crippen molar-refractivity contribution in [1.29, 1.82) is 0 Å². The van der Waals surface area contributed by atoms with Crippen molar-refractivity contribution >= 4 is 22.6 Å². The van der Waals surface area contributed by atoms with E-state index in [0.717, 1.165) is 23.2 Å². The highest BCUT2D eigenvalue weighted by Crippen LogP contribution is 2.28. The monoisotopic (exact) mass is 366 g/mol. The van der Waals surface area contributed by atoms with Crippen LogP contribution in [0.2, 0.25) is 0 Å². The molecule has 0 atom stereocenters. The lowest BCUT2D eigenvalue weighted by Crippen LogP contribution is -2.27. The van der Waals surface area contributed by atoms with Gasteiger partial charge in [-0.15, -0.1) is 0 Å². The van der Waals surface area contributed by atoms with Crippen molar-refractivity contribution in [2.75, 3.05) is 11.9 Å². The number of anilines is 1. The number of rotatable bonds is 7. The molecule has 27 heavy (non-hydrogen) atoms. The Morgan fingerprint density at radius 3 is 2.67 bits per heavy atom. The molecular formula is C20H26N6O. The standard InChI is InChI=1S/C20H26N6O/c1-12(2)7-8-21-20(27)15-11-22-17-6-5-16(14-9-23-24-10-14)26-19(17)18(15)25-13(3)4/h5-6,9-13H,7-8H2,1-4H3,(H,21,27)(H,22,25)(H,23,24). The highest BCUT2D eigenvalue weighted by molar-refractivity contribution is 6.06. The molecule has 3 aromatic heterocycles. The second kappa shape index (κ2) is 8.16. The third kappa shape index (κ3) is 4.42. The number of H-pyrrole nitrogens is 1. The van der Waals surface area contributed by atoms with Crippen molar-refractivity contribution in [3.63, 3.8) is 0 Å². The predicted molar refractivity (Wildman–Crippen MR) is 108 cm³/mol. The van der Waals surface area contributed by atoms with Gasteiger partial charge < -0.3 is 10.6 Å². The van der Waals surface area contributed by atoms with Gasteiger partial charge in [-0.25, -0.2) is 4.98 Å². The number of hydrogen-bond donors (Lipinski definition) is 3. The second-order valence-electron chi connectivity index (χ2n) is 7.34. The minimum atomic E-state index is -0.135. The molecule has 0 radical (unpaired) electrons. The molecule has 0 aliphatic carbocycles. The van der Waals surface area contributed by atoms with Crippen LogP contribution in [0.25, 0.3) is 22.3 Å². The number of hydrogen-bond acceptors (Lipinski definition) is 5. The quantitative estimate of drug-likeness (QED) is 0.593. The zero-order valence-corrected chi connectivity index (χ0v) is 16.2. The van der Waals surface area contributed by atoms with Gasteiger partial charge >= 0.3 is 0 Å². The first-order valence-corrected chi connectivity index (χ1v) is 9.29. The Balaban J connectivity index is 2.03. The second-order valence-corrected chi connectivity index (χ2v) is 7.34. The third-order valence-corrected chi connectivity index (χ3v) is 4.19. The smallest absolute Gasteiger partial charge is 0.255 e. The van der Waals surface area contributed by atoms with E-state index in [4.69, 9.17) is 4.98 Å². The van der Waals surface area contributed by atoms with Crippen molar-refractivity contribution in [2.24, 2.45) is 5.92 Å². The van der Waals surface area contributed by atoms with Crippen LogP contribution in [0.4, 0.5) is 5.69 Å². The minimum absolute atomic E-state index is 0.135. The number of carbonyl (C=O) groups is 1. The number of amides is 1. The first-order chi connectivity index (χ1) is 13.0. The van der Waals surface area contributed by atoms with Gasteiger partial charge in [-0.3, -0.25) is 14.9 Å². The zero-order chi connectivity index (χ0) is 19.4. The van der Waals surface area contributed by atoms with Crippen LogP contribution in [0.15, 0.2) is 30.7 Å². The van der Waals surface area contributed by atoms with Crippen molar-refractivity contribution in [3.05, 3.63) is 36.3 Å². The molecule has 0 aliphatic heterocycles. The van der Waals surface area contributed by atoms with E-state index in [1.165, 1.54) is 0 Å². The van der Waals surface area contributed by atoms with Gasteiger partial charge in [-0.1, -0.05) is 13.8 Å². The summed E-state index contributed by atoms with van der Waals surface area (Å²) in [5, 5.41) is 13.2. The van der Waals surface area contributed by atoms with Crippen molar-refractivity contribution in [2.45, 2.75) is 40.2 Å². The summed E-state index contributed by atoms with van der Waals surface area (Å²) in [6, 6.07) is 3.97. The molecule has 7 nitrogen and oxygen atoms in total. The molecule has 3 heterocycles. The summed E-state index contributed by atoms with van der Waals surface area (Å²) in [5.74, 6) is 0.399. The summed E-state index contributed by atoms with van der Waals surface area (Å²) >= 11 is 0. The highest BCUT2D eigenvalue weighted by Gasteiger charge is 2.18. The van der Waals surface area contributed by atoms with Gasteiger partial charge in [0, 0.05) is 30.5 Å². The molecule has 0 saturated carbocycles. The number of aromatic amines is 1. The Kier molecular flexibility index (Phi) is 5.69. The van der Waals surface area contributed by atoms with Crippen molar-refractivity contribution < 1.29 is 4.79 Å². The maximum atomic E-state index is 12.8. The number of nitrogens with zero attached hydrogens (tertiary/aromatic N) is 3. The molecule has 0 fully saturated rings. The molecule has 3 rings (SSSR count).